The number of carbonyl (C=O) groups excluding carboxylic acids is 4. The van der Waals surface area contributed by atoms with Gasteiger partial charge in [-0.15, -0.1) is 0 Å². The zero-order chi connectivity index (χ0) is 24.4. The van der Waals surface area contributed by atoms with Crippen LogP contribution in [0, 0.1) is 12.8 Å². The average Bonchev–Trinajstić information content (AvgIpc) is 2.77. The lowest BCUT2D eigenvalue weighted by molar-refractivity contribution is -0.147. The van der Waals surface area contributed by atoms with Crippen LogP contribution in [0.1, 0.15) is 42.6 Å². The Balaban J connectivity index is 1.74. The number of ether oxygens (including phenoxy) is 2. The van der Waals surface area contributed by atoms with Crippen LogP contribution in [-0.2, 0) is 23.9 Å². The molecular formula is C24H27BrN2O6. The average molecular weight is 519 g/mol. The molecule has 0 heterocycles. The van der Waals surface area contributed by atoms with Crippen molar-refractivity contribution < 1.29 is 28.7 Å². The number of hydrogen-bond acceptors (Lipinski definition) is 6. The highest BCUT2D eigenvalue weighted by atomic mass is 79.9. The molecule has 8 nitrogen and oxygen atoms in total. The Labute approximate surface area is 201 Å². The summed E-state index contributed by atoms with van der Waals surface area (Å²) in [6.45, 7) is 5.61. The minimum absolute atomic E-state index is 0.131. The van der Waals surface area contributed by atoms with Gasteiger partial charge in [-0.25, -0.2) is 4.79 Å². The number of esters is 2. The number of rotatable bonds is 10. The number of amides is 2. The van der Waals surface area contributed by atoms with Crippen LogP contribution in [0.15, 0.2) is 46.9 Å². The first kappa shape index (κ1) is 26.1. The van der Waals surface area contributed by atoms with Crippen LogP contribution in [0.25, 0.3) is 0 Å². The van der Waals surface area contributed by atoms with Crippen LogP contribution in [0.4, 0.5) is 11.4 Å². The van der Waals surface area contributed by atoms with E-state index in [4.69, 9.17) is 9.47 Å². The molecule has 33 heavy (non-hydrogen) atoms. The minimum atomic E-state index is -0.668. The monoisotopic (exact) mass is 518 g/mol. The molecule has 0 aliphatic heterocycles. The summed E-state index contributed by atoms with van der Waals surface area (Å²) in [5.41, 5.74) is 2.27. The molecule has 2 N–H and O–H groups in total. The quantitative estimate of drug-likeness (QED) is 0.448. The molecule has 0 aliphatic carbocycles. The molecule has 0 bridgehead atoms. The summed E-state index contributed by atoms with van der Waals surface area (Å²) >= 11 is 3.38. The van der Waals surface area contributed by atoms with Gasteiger partial charge < -0.3 is 20.1 Å². The van der Waals surface area contributed by atoms with Crippen LogP contribution < -0.4 is 10.6 Å². The molecule has 2 rings (SSSR count). The first-order valence-electron chi connectivity index (χ1n) is 10.4. The number of carbonyl (C=O) groups is 4. The molecule has 2 aromatic carbocycles. The van der Waals surface area contributed by atoms with E-state index in [-0.39, 0.29) is 18.8 Å². The molecule has 0 fully saturated rings. The highest BCUT2D eigenvalue weighted by molar-refractivity contribution is 9.10. The van der Waals surface area contributed by atoms with Gasteiger partial charge in [0.05, 0.1) is 18.6 Å². The fourth-order valence-corrected chi connectivity index (χ4v) is 2.87. The van der Waals surface area contributed by atoms with Crippen LogP contribution >= 0.6 is 15.9 Å². The Morgan fingerprint density at radius 3 is 2.30 bits per heavy atom. The van der Waals surface area contributed by atoms with Crippen molar-refractivity contribution in [3.8, 4) is 0 Å². The first-order valence-corrected chi connectivity index (χ1v) is 11.2. The van der Waals surface area contributed by atoms with Crippen molar-refractivity contribution in [2.45, 2.75) is 33.6 Å². The maximum atomic E-state index is 12.1. The lowest BCUT2D eigenvalue weighted by Gasteiger charge is -2.10. The third-order valence-electron chi connectivity index (χ3n) is 4.29. The predicted octanol–water partition coefficient (Wildman–Crippen LogP) is 4.47. The van der Waals surface area contributed by atoms with Gasteiger partial charge in [-0.1, -0.05) is 35.8 Å². The van der Waals surface area contributed by atoms with Gasteiger partial charge in [0.25, 0.3) is 5.91 Å². The Morgan fingerprint density at radius 2 is 1.61 bits per heavy atom. The van der Waals surface area contributed by atoms with Crippen molar-refractivity contribution in [2.24, 2.45) is 5.92 Å². The number of benzene rings is 2. The van der Waals surface area contributed by atoms with Crippen molar-refractivity contribution in [1.82, 2.24) is 0 Å². The van der Waals surface area contributed by atoms with Gasteiger partial charge in [0.15, 0.2) is 6.61 Å². The Morgan fingerprint density at radius 1 is 0.909 bits per heavy atom. The maximum absolute atomic E-state index is 12.1. The molecule has 176 valence electrons. The number of halogens is 1. The fraction of sp³-hybridized carbons (Fsp3) is 0.333. The van der Waals surface area contributed by atoms with Crippen molar-refractivity contribution in [2.75, 3.05) is 23.8 Å². The second kappa shape index (κ2) is 12.7. The van der Waals surface area contributed by atoms with E-state index in [2.05, 4.69) is 26.6 Å². The van der Waals surface area contributed by atoms with Crippen molar-refractivity contribution in [1.29, 1.82) is 0 Å². The summed E-state index contributed by atoms with van der Waals surface area (Å²) in [5, 5.41) is 5.27. The van der Waals surface area contributed by atoms with Crippen molar-refractivity contribution in [3.05, 3.63) is 58.1 Å². The third-order valence-corrected chi connectivity index (χ3v) is 5.18. The van der Waals surface area contributed by atoms with Gasteiger partial charge >= 0.3 is 11.9 Å². The van der Waals surface area contributed by atoms with Gasteiger partial charge in [-0.3, -0.25) is 14.4 Å². The number of aryl methyl sites for hydroxylation is 1. The van der Waals surface area contributed by atoms with Gasteiger partial charge in [0, 0.05) is 22.3 Å². The maximum Gasteiger partial charge on any atom is 0.338 e. The molecule has 0 aliphatic rings. The summed E-state index contributed by atoms with van der Waals surface area (Å²) in [6.07, 6.45) is -0.318. The summed E-state index contributed by atoms with van der Waals surface area (Å²) in [6, 6.07) is 11.7. The molecule has 0 spiro atoms. The number of anilines is 2. The third kappa shape index (κ3) is 9.44. The van der Waals surface area contributed by atoms with E-state index in [0.29, 0.717) is 23.5 Å². The van der Waals surface area contributed by atoms with Gasteiger partial charge in [-0.2, -0.15) is 0 Å². The van der Waals surface area contributed by atoms with E-state index in [1.807, 2.05) is 20.8 Å². The molecule has 0 saturated carbocycles. The van der Waals surface area contributed by atoms with Crippen molar-refractivity contribution in [3.63, 3.8) is 0 Å². The van der Waals surface area contributed by atoms with Crippen LogP contribution in [0.3, 0.4) is 0 Å². The topological polar surface area (TPSA) is 111 Å². The standard InChI is InChI=1S/C24H27BrN2O6/c1-15(2)13-33-24(31)17-5-4-6-18(12-17)26-21(28)9-10-23(30)32-14-22(29)27-19-7-8-20(25)16(3)11-19/h4-8,11-12,15H,9-10,13-14H2,1-3H3,(H,26,28)(H,27,29). The Hall–Kier alpha value is -3.20. The highest BCUT2D eigenvalue weighted by Crippen LogP contribution is 2.20. The van der Waals surface area contributed by atoms with E-state index < -0.39 is 30.4 Å². The SMILES string of the molecule is Cc1cc(NC(=O)COC(=O)CCC(=O)Nc2cccc(C(=O)OCC(C)C)c2)ccc1Br. The second-order valence-corrected chi connectivity index (χ2v) is 8.65. The van der Waals surface area contributed by atoms with E-state index in [1.54, 1.807) is 36.4 Å². The lowest BCUT2D eigenvalue weighted by atomic mass is 10.2. The molecule has 0 atom stereocenters. The molecule has 2 aromatic rings. The Bertz CT molecular complexity index is 1020. The fourth-order valence-electron chi connectivity index (χ4n) is 2.63. The van der Waals surface area contributed by atoms with Crippen LogP contribution in [-0.4, -0.2) is 37.0 Å². The van der Waals surface area contributed by atoms with E-state index in [9.17, 15) is 19.2 Å². The van der Waals surface area contributed by atoms with E-state index >= 15 is 0 Å². The van der Waals surface area contributed by atoms with Crippen molar-refractivity contribution >= 4 is 51.1 Å². The van der Waals surface area contributed by atoms with Gasteiger partial charge in [-0.05, 0) is 54.8 Å². The predicted molar refractivity (Wildman–Crippen MR) is 128 cm³/mol. The smallest absolute Gasteiger partial charge is 0.338 e. The summed E-state index contributed by atoms with van der Waals surface area (Å²) in [5.74, 6) is -1.82. The molecule has 9 heteroatoms. The molecule has 0 saturated heterocycles. The normalized spacial score (nSPS) is 10.5. The molecule has 2 amide bonds. The number of nitrogens with one attached hydrogen (secondary N) is 2. The van der Waals surface area contributed by atoms with Gasteiger partial charge in [0.1, 0.15) is 0 Å². The Kier molecular flexibility index (Phi) is 10.1. The molecule has 0 unspecified atom stereocenters. The second-order valence-electron chi connectivity index (χ2n) is 7.79. The first-order chi connectivity index (χ1) is 15.6. The molecule has 0 aromatic heterocycles. The van der Waals surface area contributed by atoms with E-state index in [0.717, 1.165) is 10.0 Å². The van der Waals surface area contributed by atoms with Crippen LogP contribution in [0.2, 0.25) is 0 Å². The minimum Gasteiger partial charge on any atom is -0.462 e. The highest BCUT2D eigenvalue weighted by Gasteiger charge is 2.13. The van der Waals surface area contributed by atoms with Crippen LogP contribution in [0.5, 0.6) is 0 Å². The summed E-state index contributed by atoms with van der Waals surface area (Å²) in [7, 11) is 0. The zero-order valence-electron chi connectivity index (χ0n) is 18.8. The zero-order valence-corrected chi connectivity index (χ0v) is 20.4. The summed E-state index contributed by atoms with van der Waals surface area (Å²) in [4.78, 5) is 48.0. The largest absolute Gasteiger partial charge is 0.462 e. The molecule has 0 radical (unpaired) electrons. The number of hydrogen-bond donors (Lipinski definition) is 2. The van der Waals surface area contributed by atoms with Gasteiger partial charge in [0.2, 0.25) is 5.91 Å². The van der Waals surface area contributed by atoms with E-state index in [1.165, 1.54) is 6.07 Å². The molecular weight excluding hydrogens is 492 g/mol. The summed E-state index contributed by atoms with van der Waals surface area (Å²) < 4.78 is 11.0. The lowest BCUT2D eigenvalue weighted by Crippen LogP contribution is -2.21.